The minimum atomic E-state index is 0.705. The molecule has 1 aliphatic heterocycles. The van der Waals surface area contributed by atoms with E-state index in [-0.39, 0.29) is 0 Å². The van der Waals surface area contributed by atoms with E-state index in [2.05, 4.69) is 31.0 Å². The number of piperidine rings is 1. The zero-order valence-electron chi connectivity index (χ0n) is 13.3. The molecule has 0 aromatic rings. The average Bonchev–Trinajstić information content (AvgIpc) is 2.48. The minimum Gasteiger partial charge on any atom is -0.311 e. The third kappa shape index (κ3) is 4.46. The molecule has 1 saturated carbocycles. The molecule has 2 aliphatic rings. The lowest BCUT2D eigenvalue weighted by molar-refractivity contribution is 0.155. The van der Waals surface area contributed by atoms with Crippen LogP contribution in [0.4, 0.5) is 0 Å². The predicted molar refractivity (Wildman–Crippen MR) is 83.5 cm³/mol. The van der Waals surface area contributed by atoms with Crippen LogP contribution in [0.2, 0.25) is 0 Å². The Morgan fingerprint density at radius 1 is 0.895 bits per heavy atom. The lowest BCUT2D eigenvalue weighted by Crippen LogP contribution is -2.47. The number of rotatable bonds is 5. The molecule has 0 radical (unpaired) electrons. The van der Waals surface area contributed by atoms with Gasteiger partial charge in [0, 0.05) is 12.1 Å². The van der Waals surface area contributed by atoms with E-state index in [0.717, 1.165) is 17.9 Å². The molecule has 2 unspecified atom stereocenters. The first-order valence-corrected chi connectivity index (χ1v) is 8.69. The van der Waals surface area contributed by atoms with Gasteiger partial charge in [-0.3, -0.25) is 0 Å². The normalized spacial score (nSPS) is 27.3. The van der Waals surface area contributed by atoms with E-state index in [1.807, 2.05) is 0 Å². The Labute approximate surface area is 120 Å². The van der Waals surface area contributed by atoms with Crippen LogP contribution in [0.25, 0.3) is 0 Å². The number of hydrogen-bond donors (Lipinski definition) is 1. The molecule has 19 heavy (non-hydrogen) atoms. The largest absolute Gasteiger partial charge is 0.311 e. The van der Waals surface area contributed by atoms with Gasteiger partial charge in [-0.2, -0.15) is 0 Å². The maximum Gasteiger partial charge on any atom is 0.00705 e. The lowest BCUT2D eigenvalue weighted by atomic mass is 9.83. The second-order valence-corrected chi connectivity index (χ2v) is 6.91. The lowest BCUT2D eigenvalue weighted by Gasteiger charge is -2.37. The van der Waals surface area contributed by atoms with Crippen molar-refractivity contribution in [3.63, 3.8) is 0 Å². The Morgan fingerprint density at radius 2 is 1.42 bits per heavy atom. The summed E-state index contributed by atoms with van der Waals surface area (Å²) in [6.45, 7) is 11.0. The SMILES string of the molecule is CCN1CCC(C(C)NC(C)C2CCCCC2)CC1. The molecular formula is C17H34N2. The molecule has 2 rings (SSSR count). The molecule has 0 bridgehead atoms. The molecule has 1 aliphatic carbocycles. The number of nitrogens with one attached hydrogen (secondary N) is 1. The smallest absolute Gasteiger partial charge is 0.00705 e. The van der Waals surface area contributed by atoms with Gasteiger partial charge < -0.3 is 10.2 Å². The van der Waals surface area contributed by atoms with Crippen molar-refractivity contribution >= 4 is 0 Å². The van der Waals surface area contributed by atoms with E-state index in [4.69, 9.17) is 0 Å². The Hall–Kier alpha value is -0.0800. The van der Waals surface area contributed by atoms with Crippen molar-refractivity contribution < 1.29 is 0 Å². The monoisotopic (exact) mass is 266 g/mol. The third-order valence-corrected chi connectivity index (χ3v) is 5.67. The van der Waals surface area contributed by atoms with Gasteiger partial charge in [0.25, 0.3) is 0 Å². The van der Waals surface area contributed by atoms with Crippen molar-refractivity contribution in [1.82, 2.24) is 10.2 Å². The topological polar surface area (TPSA) is 15.3 Å². The molecule has 0 spiro atoms. The highest BCUT2D eigenvalue weighted by molar-refractivity contribution is 4.83. The maximum atomic E-state index is 3.93. The summed E-state index contributed by atoms with van der Waals surface area (Å²) in [6.07, 6.45) is 10.1. The molecule has 1 heterocycles. The van der Waals surface area contributed by atoms with Crippen LogP contribution in [0.5, 0.6) is 0 Å². The van der Waals surface area contributed by atoms with Crippen molar-refractivity contribution in [2.45, 2.75) is 77.8 Å². The molecule has 0 aromatic carbocycles. The van der Waals surface area contributed by atoms with Gasteiger partial charge in [0.05, 0.1) is 0 Å². The molecule has 112 valence electrons. The first kappa shape index (κ1) is 15.3. The summed E-state index contributed by atoms with van der Waals surface area (Å²) in [5.41, 5.74) is 0. The molecule has 1 saturated heterocycles. The fraction of sp³-hybridized carbons (Fsp3) is 1.00. The Balaban J connectivity index is 1.72. The predicted octanol–water partition coefficient (Wildman–Crippen LogP) is 3.67. The van der Waals surface area contributed by atoms with E-state index in [1.165, 1.54) is 64.6 Å². The van der Waals surface area contributed by atoms with Gasteiger partial charge in [-0.1, -0.05) is 26.2 Å². The van der Waals surface area contributed by atoms with Crippen LogP contribution in [0, 0.1) is 11.8 Å². The fourth-order valence-corrected chi connectivity index (χ4v) is 4.09. The molecule has 2 heteroatoms. The van der Waals surface area contributed by atoms with Gasteiger partial charge in [0.15, 0.2) is 0 Å². The molecule has 1 N–H and O–H groups in total. The first-order chi connectivity index (χ1) is 9.20. The van der Waals surface area contributed by atoms with Crippen LogP contribution < -0.4 is 5.32 Å². The van der Waals surface area contributed by atoms with Gasteiger partial charge in [0.2, 0.25) is 0 Å². The van der Waals surface area contributed by atoms with Crippen molar-refractivity contribution in [1.29, 1.82) is 0 Å². The van der Waals surface area contributed by atoms with Crippen LogP contribution in [0.1, 0.15) is 65.7 Å². The number of nitrogens with zero attached hydrogens (tertiary/aromatic N) is 1. The Morgan fingerprint density at radius 3 is 1.95 bits per heavy atom. The van der Waals surface area contributed by atoms with Gasteiger partial charge in [-0.05, 0) is 71.0 Å². The average molecular weight is 266 g/mol. The van der Waals surface area contributed by atoms with Crippen molar-refractivity contribution in [2.75, 3.05) is 19.6 Å². The maximum absolute atomic E-state index is 3.93. The summed E-state index contributed by atoms with van der Waals surface area (Å²) in [5.74, 6) is 1.83. The van der Waals surface area contributed by atoms with E-state index >= 15 is 0 Å². The van der Waals surface area contributed by atoms with Crippen LogP contribution in [-0.4, -0.2) is 36.6 Å². The van der Waals surface area contributed by atoms with Gasteiger partial charge >= 0.3 is 0 Å². The van der Waals surface area contributed by atoms with Gasteiger partial charge in [0.1, 0.15) is 0 Å². The highest BCUT2D eigenvalue weighted by Crippen LogP contribution is 2.28. The standard InChI is InChI=1S/C17H34N2/c1-4-19-12-10-17(11-13-19)15(3)18-14(2)16-8-6-5-7-9-16/h14-18H,4-13H2,1-3H3. The van der Waals surface area contributed by atoms with Crippen molar-refractivity contribution in [2.24, 2.45) is 11.8 Å². The molecule has 0 aromatic heterocycles. The number of likely N-dealkylation sites (tertiary alicyclic amines) is 1. The second-order valence-electron chi connectivity index (χ2n) is 6.91. The summed E-state index contributed by atoms with van der Waals surface area (Å²) >= 11 is 0. The number of hydrogen-bond acceptors (Lipinski definition) is 2. The zero-order chi connectivity index (χ0) is 13.7. The third-order valence-electron chi connectivity index (χ3n) is 5.67. The highest BCUT2D eigenvalue weighted by atomic mass is 15.1. The summed E-state index contributed by atoms with van der Waals surface area (Å²) in [5, 5.41) is 3.93. The van der Waals surface area contributed by atoms with Crippen molar-refractivity contribution in [3.8, 4) is 0 Å². The van der Waals surface area contributed by atoms with Crippen LogP contribution in [-0.2, 0) is 0 Å². The molecule has 2 atom stereocenters. The summed E-state index contributed by atoms with van der Waals surface area (Å²) in [4.78, 5) is 2.59. The summed E-state index contributed by atoms with van der Waals surface area (Å²) < 4.78 is 0. The van der Waals surface area contributed by atoms with E-state index < -0.39 is 0 Å². The molecule has 0 amide bonds. The van der Waals surface area contributed by atoms with Crippen LogP contribution in [0.15, 0.2) is 0 Å². The van der Waals surface area contributed by atoms with E-state index in [9.17, 15) is 0 Å². The van der Waals surface area contributed by atoms with Crippen molar-refractivity contribution in [3.05, 3.63) is 0 Å². The van der Waals surface area contributed by atoms with Crippen LogP contribution in [0.3, 0.4) is 0 Å². The Kier molecular flexibility index (Phi) is 6.15. The summed E-state index contributed by atoms with van der Waals surface area (Å²) in [6, 6.07) is 1.43. The van der Waals surface area contributed by atoms with E-state index in [0.29, 0.717) is 6.04 Å². The van der Waals surface area contributed by atoms with Gasteiger partial charge in [-0.25, -0.2) is 0 Å². The zero-order valence-corrected chi connectivity index (χ0v) is 13.3. The Bertz CT molecular complexity index is 240. The highest BCUT2D eigenvalue weighted by Gasteiger charge is 2.26. The first-order valence-electron chi connectivity index (χ1n) is 8.69. The summed E-state index contributed by atoms with van der Waals surface area (Å²) in [7, 11) is 0. The molecule has 2 nitrogen and oxygen atoms in total. The molecular weight excluding hydrogens is 232 g/mol. The quantitative estimate of drug-likeness (QED) is 0.817. The second kappa shape index (κ2) is 7.64. The fourth-order valence-electron chi connectivity index (χ4n) is 4.09. The van der Waals surface area contributed by atoms with Crippen LogP contribution >= 0.6 is 0 Å². The van der Waals surface area contributed by atoms with E-state index in [1.54, 1.807) is 0 Å². The minimum absolute atomic E-state index is 0.705. The molecule has 2 fully saturated rings. The van der Waals surface area contributed by atoms with Gasteiger partial charge in [-0.15, -0.1) is 0 Å².